The molecule has 0 N–H and O–H groups in total. The maximum atomic E-state index is 12.9. The van der Waals surface area contributed by atoms with Crippen LogP contribution in [0.1, 0.15) is 29.1 Å². The van der Waals surface area contributed by atoms with Crippen LogP contribution in [0.2, 0.25) is 0 Å². The Morgan fingerprint density at radius 1 is 1.33 bits per heavy atom. The first-order valence-electron chi connectivity index (χ1n) is 8.57. The van der Waals surface area contributed by atoms with Crippen LogP contribution in [0.5, 0.6) is 0 Å². The van der Waals surface area contributed by atoms with Gasteiger partial charge in [-0.1, -0.05) is 0 Å². The van der Waals surface area contributed by atoms with Crippen LogP contribution in [0.25, 0.3) is 27.4 Å². The van der Waals surface area contributed by atoms with E-state index in [1.807, 2.05) is 32.7 Å². The van der Waals surface area contributed by atoms with Gasteiger partial charge >= 0.3 is 0 Å². The lowest BCUT2D eigenvalue weighted by Gasteiger charge is -2.17. The van der Waals surface area contributed by atoms with Crippen LogP contribution < -0.4 is 0 Å². The molecule has 0 radical (unpaired) electrons. The standard InChI is InChI=1S/C17H18BrN7OS/c1-5-24(6-2)17(26)13-9(3)11-15-21-14(12-10(18)7-20-23(12)4)22-25(15)8-19-16(11)27-13/h7-8H,5-6H2,1-4H3. The average molecular weight is 448 g/mol. The summed E-state index contributed by atoms with van der Waals surface area (Å²) in [5.41, 5.74) is 2.38. The zero-order chi connectivity index (χ0) is 19.3. The lowest BCUT2D eigenvalue weighted by atomic mass is 10.2. The maximum Gasteiger partial charge on any atom is 0.264 e. The molecule has 27 heavy (non-hydrogen) atoms. The Hall–Kier alpha value is -2.33. The molecular weight excluding hydrogens is 430 g/mol. The Morgan fingerprint density at radius 2 is 2.07 bits per heavy atom. The number of thiophene rings is 1. The van der Waals surface area contributed by atoms with Crippen molar-refractivity contribution in [1.29, 1.82) is 0 Å². The molecular formula is C17H18BrN7OS. The topological polar surface area (TPSA) is 81.2 Å². The molecule has 0 unspecified atom stereocenters. The molecule has 4 aromatic rings. The Bertz CT molecular complexity index is 1150. The predicted molar refractivity (Wildman–Crippen MR) is 108 cm³/mol. The molecule has 0 saturated heterocycles. The minimum Gasteiger partial charge on any atom is -0.338 e. The smallest absolute Gasteiger partial charge is 0.264 e. The first-order valence-corrected chi connectivity index (χ1v) is 10.2. The third kappa shape index (κ3) is 2.74. The quantitative estimate of drug-likeness (QED) is 0.479. The van der Waals surface area contributed by atoms with E-state index >= 15 is 0 Å². The molecule has 0 aliphatic heterocycles. The zero-order valence-corrected chi connectivity index (χ0v) is 17.8. The van der Waals surface area contributed by atoms with E-state index in [0.29, 0.717) is 29.4 Å². The molecule has 4 heterocycles. The third-order valence-corrected chi connectivity index (χ3v) is 6.39. The summed E-state index contributed by atoms with van der Waals surface area (Å²) in [7, 11) is 1.84. The molecule has 0 spiro atoms. The van der Waals surface area contributed by atoms with Gasteiger partial charge in [0.05, 0.1) is 20.9 Å². The summed E-state index contributed by atoms with van der Waals surface area (Å²) in [5, 5.41) is 9.65. The minimum absolute atomic E-state index is 0.0350. The Labute approximate surface area is 168 Å². The number of fused-ring (bicyclic) bond motifs is 3. The number of hydrogen-bond acceptors (Lipinski definition) is 6. The minimum atomic E-state index is 0.0350. The molecule has 4 aromatic heterocycles. The Morgan fingerprint density at radius 3 is 2.70 bits per heavy atom. The first kappa shape index (κ1) is 18.1. The van der Waals surface area contributed by atoms with Crippen molar-refractivity contribution in [2.45, 2.75) is 20.8 Å². The van der Waals surface area contributed by atoms with Gasteiger partial charge in [0.1, 0.15) is 16.9 Å². The summed E-state index contributed by atoms with van der Waals surface area (Å²) >= 11 is 4.90. The molecule has 1 amide bonds. The van der Waals surface area contributed by atoms with Crippen molar-refractivity contribution in [3.63, 3.8) is 0 Å². The van der Waals surface area contributed by atoms with Crippen molar-refractivity contribution < 1.29 is 4.79 Å². The first-order chi connectivity index (χ1) is 13.0. The lowest BCUT2D eigenvalue weighted by molar-refractivity contribution is 0.0777. The number of aromatic nitrogens is 6. The fraction of sp³-hybridized carbons (Fsp3) is 0.353. The van der Waals surface area contributed by atoms with Gasteiger partial charge in [-0.15, -0.1) is 16.4 Å². The average Bonchev–Trinajstić information content (AvgIpc) is 3.31. The number of nitrogens with zero attached hydrogens (tertiary/aromatic N) is 7. The van der Waals surface area contributed by atoms with E-state index in [2.05, 4.69) is 31.1 Å². The molecule has 0 atom stereocenters. The summed E-state index contributed by atoms with van der Waals surface area (Å²) in [4.78, 5) is 25.4. The normalized spacial score (nSPS) is 11.6. The van der Waals surface area contributed by atoms with Gasteiger partial charge in [-0.3, -0.25) is 9.48 Å². The molecule has 140 valence electrons. The van der Waals surface area contributed by atoms with Gasteiger partial charge in [-0.25, -0.2) is 14.5 Å². The van der Waals surface area contributed by atoms with Crippen LogP contribution in [-0.4, -0.2) is 53.3 Å². The van der Waals surface area contributed by atoms with Crippen LogP contribution in [0.3, 0.4) is 0 Å². The largest absolute Gasteiger partial charge is 0.338 e. The van der Waals surface area contributed by atoms with Gasteiger partial charge in [0.2, 0.25) is 5.82 Å². The summed E-state index contributed by atoms with van der Waals surface area (Å²) in [6.07, 6.45) is 3.35. The number of carbonyl (C=O) groups excluding carboxylic acids is 1. The van der Waals surface area contributed by atoms with Crippen molar-refractivity contribution in [1.82, 2.24) is 34.3 Å². The van der Waals surface area contributed by atoms with Gasteiger partial charge in [0.15, 0.2) is 5.65 Å². The zero-order valence-electron chi connectivity index (χ0n) is 15.4. The van der Waals surface area contributed by atoms with Gasteiger partial charge in [0, 0.05) is 20.1 Å². The van der Waals surface area contributed by atoms with E-state index in [0.717, 1.165) is 25.9 Å². The van der Waals surface area contributed by atoms with Crippen LogP contribution in [0.4, 0.5) is 0 Å². The van der Waals surface area contributed by atoms with Crippen molar-refractivity contribution in [3.05, 3.63) is 27.4 Å². The molecule has 0 saturated carbocycles. The van der Waals surface area contributed by atoms with E-state index < -0.39 is 0 Å². The van der Waals surface area contributed by atoms with Crippen LogP contribution in [-0.2, 0) is 7.05 Å². The molecule has 10 heteroatoms. The fourth-order valence-electron chi connectivity index (χ4n) is 3.15. The second-order valence-electron chi connectivity index (χ2n) is 6.13. The lowest BCUT2D eigenvalue weighted by Crippen LogP contribution is -2.30. The van der Waals surface area contributed by atoms with Gasteiger partial charge < -0.3 is 4.90 Å². The summed E-state index contributed by atoms with van der Waals surface area (Å²) in [5.74, 6) is 0.589. The van der Waals surface area contributed by atoms with E-state index in [4.69, 9.17) is 4.98 Å². The van der Waals surface area contributed by atoms with Crippen LogP contribution in [0.15, 0.2) is 17.0 Å². The molecule has 4 rings (SSSR count). The van der Waals surface area contributed by atoms with E-state index in [9.17, 15) is 4.79 Å². The number of halogens is 1. The summed E-state index contributed by atoms with van der Waals surface area (Å²) in [6.45, 7) is 7.27. The maximum absolute atomic E-state index is 12.9. The SMILES string of the molecule is CCN(CC)C(=O)c1sc2ncn3nc(-c4c(Br)cnn4C)nc3c2c1C. The van der Waals surface area contributed by atoms with Crippen molar-refractivity contribution in [3.8, 4) is 11.5 Å². The Balaban J connectivity index is 1.93. The highest BCUT2D eigenvalue weighted by Crippen LogP contribution is 2.34. The summed E-state index contributed by atoms with van der Waals surface area (Å²) < 4.78 is 4.20. The van der Waals surface area contributed by atoms with Crippen molar-refractivity contribution in [2.24, 2.45) is 7.05 Å². The number of amides is 1. The second kappa shape index (κ2) is 6.68. The van der Waals surface area contributed by atoms with Crippen molar-refractivity contribution >= 4 is 49.0 Å². The van der Waals surface area contributed by atoms with E-state index in [-0.39, 0.29) is 5.91 Å². The van der Waals surface area contributed by atoms with Crippen molar-refractivity contribution in [2.75, 3.05) is 13.1 Å². The fourth-order valence-corrected chi connectivity index (χ4v) is 4.79. The van der Waals surface area contributed by atoms with Gasteiger partial charge in [-0.05, 0) is 42.3 Å². The number of aryl methyl sites for hydroxylation is 2. The predicted octanol–water partition coefficient (Wildman–Crippen LogP) is 3.29. The highest BCUT2D eigenvalue weighted by Gasteiger charge is 2.23. The second-order valence-corrected chi connectivity index (χ2v) is 7.98. The van der Waals surface area contributed by atoms with E-state index in [1.165, 1.54) is 11.3 Å². The van der Waals surface area contributed by atoms with E-state index in [1.54, 1.807) is 21.7 Å². The molecule has 0 aliphatic rings. The third-order valence-electron chi connectivity index (χ3n) is 4.62. The molecule has 0 fully saturated rings. The van der Waals surface area contributed by atoms with Gasteiger partial charge in [0.25, 0.3) is 5.91 Å². The highest BCUT2D eigenvalue weighted by molar-refractivity contribution is 9.10. The highest BCUT2D eigenvalue weighted by atomic mass is 79.9. The number of rotatable bonds is 4. The van der Waals surface area contributed by atoms with Gasteiger partial charge in [-0.2, -0.15) is 5.10 Å². The number of carbonyl (C=O) groups is 1. The Kier molecular flexibility index (Phi) is 4.47. The number of hydrogen-bond donors (Lipinski definition) is 0. The van der Waals surface area contributed by atoms with Crippen LogP contribution in [0, 0.1) is 6.92 Å². The summed E-state index contributed by atoms with van der Waals surface area (Å²) in [6, 6.07) is 0. The molecule has 0 bridgehead atoms. The van der Waals surface area contributed by atoms with Crippen LogP contribution >= 0.6 is 27.3 Å². The molecule has 0 aromatic carbocycles. The molecule has 8 nitrogen and oxygen atoms in total. The molecule has 0 aliphatic carbocycles. The monoisotopic (exact) mass is 447 g/mol.